The van der Waals surface area contributed by atoms with E-state index in [2.05, 4.69) is 5.32 Å². The number of nitrogens with zero attached hydrogens (tertiary/aromatic N) is 1. The van der Waals surface area contributed by atoms with Gasteiger partial charge in [0.1, 0.15) is 23.9 Å². The lowest BCUT2D eigenvalue weighted by atomic mass is 10.2. The van der Waals surface area contributed by atoms with Crippen LogP contribution in [0.4, 0.5) is 9.18 Å². The second kappa shape index (κ2) is 9.43. The first-order chi connectivity index (χ1) is 13.2. The number of carbonyl (C=O) groups excluding carboxylic acids is 1. The molecule has 1 N–H and O–H groups in total. The molecule has 0 atom stereocenters. The van der Waals surface area contributed by atoms with E-state index in [4.69, 9.17) is 9.15 Å². The van der Waals surface area contributed by atoms with Gasteiger partial charge in [-0.3, -0.25) is 0 Å². The number of benzene rings is 2. The molecule has 5 nitrogen and oxygen atoms in total. The van der Waals surface area contributed by atoms with Crippen LogP contribution in [-0.2, 0) is 13.1 Å². The summed E-state index contributed by atoms with van der Waals surface area (Å²) in [7, 11) is 0. The zero-order valence-electron chi connectivity index (χ0n) is 14.8. The number of nitrogens with one attached hydrogen (secondary N) is 1. The van der Waals surface area contributed by atoms with Gasteiger partial charge in [0, 0.05) is 5.56 Å². The minimum atomic E-state index is -0.345. The Morgan fingerprint density at radius 2 is 1.78 bits per heavy atom. The summed E-state index contributed by atoms with van der Waals surface area (Å²) in [6.07, 6.45) is 1.54. The molecule has 6 heteroatoms. The van der Waals surface area contributed by atoms with E-state index in [1.54, 1.807) is 36.6 Å². The molecule has 0 saturated carbocycles. The van der Waals surface area contributed by atoms with E-state index in [-0.39, 0.29) is 24.9 Å². The molecule has 0 saturated heterocycles. The van der Waals surface area contributed by atoms with Crippen molar-refractivity contribution >= 4 is 6.03 Å². The number of halogens is 1. The van der Waals surface area contributed by atoms with Crippen molar-refractivity contribution in [3.05, 3.63) is 90.1 Å². The number of furan rings is 1. The number of carbonyl (C=O) groups is 1. The first-order valence-electron chi connectivity index (χ1n) is 8.69. The highest BCUT2D eigenvalue weighted by Gasteiger charge is 2.17. The molecule has 3 aromatic rings. The number of amides is 2. The molecular weight excluding hydrogens is 347 g/mol. The molecular formula is C21H21FN2O3. The highest BCUT2D eigenvalue weighted by Crippen LogP contribution is 2.14. The number of hydrogen-bond acceptors (Lipinski definition) is 3. The van der Waals surface area contributed by atoms with Crippen molar-refractivity contribution in [3.63, 3.8) is 0 Å². The van der Waals surface area contributed by atoms with Gasteiger partial charge in [0.25, 0.3) is 0 Å². The molecule has 0 bridgehead atoms. The third kappa shape index (κ3) is 5.60. The maximum absolute atomic E-state index is 14.0. The van der Waals surface area contributed by atoms with Gasteiger partial charge in [0.15, 0.2) is 0 Å². The van der Waals surface area contributed by atoms with Crippen LogP contribution >= 0.6 is 0 Å². The van der Waals surface area contributed by atoms with Crippen molar-refractivity contribution in [2.75, 3.05) is 13.2 Å². The van der Waals surface area contributed by atoms with E-state index in [0.29, 0.717) is 24.5 Å². The van der Waals surface area contributed by atoms with Crippen LogP contribution in [0.5, 0.6) is 5.75 Å². The quantitative estimate of drug-likeness (QED) is 0.606. The molecule has 27 heavy (non-hydrogen) atoms. The SMILES string of the molecule is O=C(NCCOc1ccccc1)N(Cc1ccco1)Cc1ccccc1F. The zero-order valence-corrected chi connectivity index (χ0v) is 14.8. The largest absolute Gasteiger partial charge is 0.492 e. The van der Waals surface area contributed by atoms with Crippen molar-refractivity contribution in [3.8, 4) is 5.75 Å². The van der Waals surface area contributed by atoms with Crippen LogP contribution in [-0.4, -0.2) is 24.1 Å². The number of hydrogen-bond donors (Lipinski definition) is 1. The zero-order chi connectivity index (χ0) is 18.9. The minimum Gasteiger partial charge on any atom is -0.492 e. The predicted octanol–water partition coefficient (Wildman–Crippen LogP) is 4.21. The number of ether oxygens (including phenoxy) is 1. The van der Waals surface area contributed by atoms with Gasteiger partial charge in [-0.1, -0.05) is 36.4 Å². The lowest BCUT2D eigenvalue weighted by Gasteiger charge is -2.22. The van der Waals surface area contributed by atoms with Gasteiger partial charge in [-0.05, 0) is 30.3 Å². The van der Waals surface area contributed by atoms with Crippen LogP contribution in [0.25, 0.3) is 0 Å². The van der Waals surface area contributed by atoms with E-state index >= 15 is 0 Å². The first kappa shape index (κ1) is 18.5. The van der Waals surface area contributed by atoms with E-state index in [9.17, 15) is 9.18 Å². The molecule has 2 aromatic carbocycles. The molecule has 140 valence electrons. The highest BCUT2D eigenvalue weighted by atomic mass is 19.1. The normalized spacial score (nSPS) is 10.4. The molecule has 0 unspecified atom stereocenters. The number of rotatable bonds is 8. The van der Waals surface area contributed by atoms with Crippen LogP contribution in [0.1, 0.15) is 11.3 Å². The molecule has 0 aliphatic rings. The van der Waals surface area contributed by atoms with Gasteiger partial charge >= 0.3 is 6.03 Å². The average Bonchev–Trinajstić information content (AvgIpc) is 3.20. The van der Waals surface area contributed by atoms with E-state index in [0.717, 1.165) is 5.75 Å². The van der Waals surface area contributed by atoms with E-state index in [1.165, 1.54) is 11.0 Å². The molecule has 1 aromatic heterocycles. The van der Waals surface area contributed by atoms with E-state index in [1.807, 2.05) is 30.3 Å². The van der Waals surface area contributed by atoms with Gasteiger partial charge < -0.3 is 19.4 Å². The molecule has 0 fully saturated rings. The summed E-state index contributed by atoms with van der Waals surface area (Å²) in [5.74, 6) is 1.02. The van der Waals surface area contributed by atoms with Gasteiger partial charge in [0.05, 0.1) is 25.9 Å². The van der Waals surface area contributed by atoms with Crippen molar-refractivity contribution in [1.29, 1.82) is 0 Å². The first-order valence-corrected chi connectivity index (χ1v) is 8.69. The Bertz CT molecular complexity index is 838. The van der Waals surface area contributed by atoms with Gasteiger partial charge in [-0.2, -0.15) is 0 Å². The van der Waals surface area contributed by atoms with Crippen LogP contribution in [0.2, 0.25) is 0 Å². The summed E-state index contributed by atoms with van der Waals surface area (Å²) < 4.78 is 24.9. The third-order valence-electron chi connectivity index (χ3n) is 3.92. The summed E-state index contributed by atoms with van der Waals surface area (Å²) in [4.78, 5) is 14.1. The smallest absolute Gasteiger partial charge is 0.318 e. The Morgan fingerprint density at radius 1 is 1.00 bits per heavy atom. The van der Waals surface area contributed by atoms with Crippen molar-refractivity contribution in [2.45, 2.75) is 13.1 Å². The summed E-state index contributed by atoms with van der Waals surface area (Å²) >= 11 is 0. The van der Waals surface area contributed by atoms with Crippen LogP contribution in [0, 0.1) is 5.82 Å². The van der Waals surface area contributed by atoms with Crippen LogP contribution in [0.3, 0.4) is 0 Å². The maximum atomic E-state index is 14.0. The van der Waals surface area contributed by atoms with Gasteiger partial charge in [-0.15, -0.1) is 0 Å². The molecule has 2 amide bonds. The highest BCUT2D eigenvalue weighted by molar-refractivity contribution is 5.74. The van der Waals surface area contributed by atoms with Crippen LogP contribution in [0.15, 0.2) is 77.4 Å². The predicted molar refractivity (Wildman–Crippen MR) is 99.7 cm³/mol. The fraction of sp³-hybridized carbons (Fsp3) is 0.190. The Balaban J connectivity index is 1.57. The monoisotopic (exact) mass is 368 g/mol. The lowest BCUT2D eigenvalue weighted by molar-refractivity contribution is 0.184. The fourth-order valence-corrected chi connectivity index (χ4v) is 2.58. The number of para-hydroxylation sites is 1. The van der Waals surface area contributed by atoms with Gasteiger partial charge in [-0.25, -0.2) is 9.18 Å². The molecule has 0 radical (unpaired) electrons. The molecule has 0 spiro atoms. The molecule has 3 rings (SSSR count). The minimum absolute atomic E-state index is 0.138. The average molecular weight is 368 g/mol. The maximum Gasteiger partial charge on any atom is 0.318 e. The summed E-state index contributed by atoms with van der Waals surface area (Å²) in [5, 5.41) is 2.80. The fourth-order valence-electron chi connectivity index (χ4n) is 2.58. The molecule has 0 aliphatic heterocycles. The number of urea groups is 1. The Kier molecular flexibility index (Phi) is 6.46. The van der Waals surface area contributed by atoms with Crippen molar-refractivity contribution in [1.82, 2.24) is 10.2 Å². The summed E-state index contributed by atoms with van der Waals surface area (Å²) in [6, 6.07) is 19.0. The standard InChI is InChI=1S/C21H21FN2O3/c22-20-11-5-4-7-17(20)15-24(16-19-10-6-13-26-19)21(25)23-12-14-27-18-8-2-1-3-9-18/h1-11,13H,12,14-16H2,(H,23,25). The summed E-state index contributed by atoms with van der Waals surface area (Å²) in [6.45, 7) is 1.05. The second-order valence-corrected chi connectivity index (χ2v) is 5.92. The van der Waals surface area contributed by atoms with Crippen molar-refractivity contribution < 1.29 is 18.3 Å². The van der Waals surface area contributed by atoms with Crippen molar-refractivity contribution in [2.24, 2.45) is 0 Å². The Hall–Kier alpha value is -3.28. The van der Waals surface area contributed by atoms with Crippen LogP contribution < -0.4 is 10.1 Å². The van der Waals surface area contributed by atoms with E-state index < -0.39 is 0 Å². The second-order valence-electron chi connectivity index (χ2n) is 5.92. The molecule has 0 aliphatic carbocycles. The van der Waals surface area contributed by atoms with Gasteiger partial charge in [0.2, 0.25) is 0 Å². The Labute approximate surface area is 157 Å². The topological polar surface area (TPSA) is 54.7 Å². The lowest BCUT2D eigenvalue weighted by Crippen LogP contribution is -2.40. The Morgan fingerprint density at radius 3 is 2.52 bits per heavy atom. The summed E-state index contributed by atoms with van der Waals surface area (Å²) in [5.41, 5.74) is 0.444. The third-order valence-corrected chi connectivity index (χ3v) is 3.92. The molecule has 1 heterocycles.